The van der Waals surface area contributed by atoms with Gasteiger partial charge >= 0.3 is 0 Å². The molecule has 0 saturated carbocycles. The zero-order valence-electron chi connectivity index (χ0n) is 13.4. The zero-order chi connectivity index (χ0) is 17.6. The summed E-state index contributed by atoms with van der Waals surface area (Å²) in [7, 11) is 0. The average Bonchev–Trinajstić information content (AvgIpc) is 3.01. The van der Waals surface area contributed by atoms with Crippen molar-refractivity contribution in [3.63, 3.8) is 0 Å². The summed E-state index contributed by atoms with van der Waals surface area (Å²) in [5.41, 5.74) is 5.47. The molecule has 7 heteroatoms. The first-order chi connectivity index (χ1) is 12.1. The summed E-state index contributed by atoms with van der Waals surface area (Å²) in [6.07, 6.45) is 1.66. The number of hydrogen-bond donors (Lipinski definition) is 1. The maximum absolute atomic E-state index is 13.5. The molecule has 0 spiro atoms. The van der Waals surface area contributed by atoms with Crippen LogP contribution in [0.5, 0.6) is 5.75 Å². The molecular formula is C18H15F2N3OS. The van der Waals surface area contributed by atoms with E-state index in [2.05, 4.69) is 15.5 Å². The lowest BCUT2D eigenvalue weighted by atomic mass is 10.1. The number of nitrogens with one attached hydrogen (secondary N) is 1. The van der Waals surface area contributed by atoms with Crippen LogP contribution in [0.4, 0.5) is 13.9 Å². The molecule has 0 aliphatic rings. The molecule has 3 aromatic rings. The van der Waals surface area contributed by atoms with Crippen LogP contribution < -0.4 is 10.2 Å². The van der Waals surface area contributed by atoms with Gasteiger partial charge in [0.05, 0.1) is 11.9 Å². The quantitative estimate of drug-likeness (QED) is 0.510. The molecule has 0 atom stereocenters. The van der Waals surface area contributed by atoms with E-state index in [1.165, 1.54) is 17.4 Å². The number of aromatic nitrogens is 1. The highest BCUT2D eigenvalue weighted by Crippen LogP contribution is 2.22. The van der Waals surface area contributed by atoms with Crippen LogP contribution in [0.15, 0.2) is 52.9 Å². The molecule has 0 aliphatic heterocycles. The van der Waals surface area contributed by atoms with Crippen molar-refractivity contribution in [1.29, 1.82) is 0 Å². The Hall–Kier alpha value is -2.80. The number of thiazole rings is 1. The number of hydrogen-bond acceptors (Lipinski definition) is 5. The Morgan fingerprint density at radius 1 is 1.16 bits per heavy atom. The van der Waals surface area contributed by atoms with E-state index < -0.39 is 11.6 Å². The Kier molecular flexibility index (Phi) is 5.35. The van der Waals surface area contributed by atoms with Crippen molar-refractivity contribution in [2.75, 3.05) is 5.43 Å². The first-order valence-electron chi connectivity index (χ1n) is 7.49. The van der Waals surface area contributed by atoms with Crippen molar-refractivity contribution in [2.24, 2.45) is 5.10 Å². The number of halogens is 2. The number of benzene rings is 2. The molecule has 1 heterocycles. The summed E-state index contributed by atoms with van der Waals surface area (Å²) in [6.45, 7) is 1.99. The van der Waals surface area contributed by atoms with E-state index in [1.54, 1.807) is 6.21 Å². The lowest BCUT2D eigenvalue weighted by molar-refractivity contribution is 0.274. The number of aryl methyl sites for hydroxylation is 1. The molecule has 1 N–H and O–H groups in total. The van der Waals surface area contributed by atoms with Gasteiger partial charge in [-0.15, -0.1) is 11.3 Å². The summed E-state index contributed by atoms with van der Waals surface area (Å²) in [5, 5.41) is 6.78. The van der Waals surface area contributed by atoms with Crippen molar-refractivity contribution in [3.8, 4) is 5.75 Å². The van der Waals surface area contributed by atoms with Crippen molar-refractivity contribution < 1.29 is 13.5 Å². The number of para-hydroxylation sites is 1. The monoisotopic (exact) mass is 359 g/mol. The average molecular weight is 359 g/mol. The lowest BCUT2D eigenvalue weighted by Gasteiger charge is -2.08. The standard InChI is InChI=1S/C18H15F2N3OS/c1-12-11-25-18(22-12)23-21-9-13-5-7-14(8-6-13)10-24-17-15(19)3-2-4-16(17)20/h2-9,11H,10H2,1H3,(H,22,23). The Labute approximate surface area is 147 Å². The molecule has 128 valence electrons. The van der Waals surface area contributed by atoms with Gasteiger partial charge in [-0.25, -0.2) is 13.8 Å². The number of anilines is 1. The number of rotatable bonds is 6. The van der Waals surface area contributed by atoms with E-state index in [4.69, 9.17) is 4.74 Å². The van der Waals surface area contributed by atoms with E-state index >= 15 is 0 Å². The fraction of sp³-hybridized carbons (Fsp3) is 0.111. The Morgan fingerprint density at radius 2 is 1.88 bits per heavy atom. The van der Waals surface area contributed by atoms with Crippen LogP contribution in [-0.2, 0) is 6.61 Å². The van der Waals surface area contributed by atoms with Crippen LogP contribution in [0.3, 0.4) is 0 Å². The molecule has 0 saturated heterocycles. The van der Waals surface area contributed by atoms with Gasteiger partial charge in [0.1, 0.15) is 6.61 Å². The summed E-state index contributed by atoms with van der Waals surface area (Å²) in [4.78, 5) is 4.24. The maximum atomic E-state index is 13.5. The molecule has 0 aliphatic carbocycles. The predicted octanol–water partition coefficient (Wildman–Crippen LogP) is 4.75. The molecule has 0 fully saturated rings. The minimum atomic E-state index is -0.716. The minimum absolute atomic E-state index is 0.0753. The van der Waals surface area contributed by atoms with Gasteiger partial charge < -0.3 is 4.74 Å². The highest BCUT2D eigenvalue weighted by Gasteiger charge is 2.09. The van der Waals surface area contributed by atoms with Crippen LogP contribution in [0.1, 0.15) is 16.8 Å². The van der Waals surface area contributed by atoms with Crippen molar-refractivity contribution in [1.82, 2.24) is 4.98 Å². The highest BCUT2D eigenvalue weighted by molar-refractivity contribution is 7.13. The predicted molar refractivity (Wildman–Crippen MR) is 95.2 cm³/mol. The normalized spacial score (nSPS) is 11.0. The largest absolute Gasteiger partial charge is 0.483 e. The Morgan fingerprint density at radius 3 is 2.52 bits per heavy atom. The fourth-order valence-electron chi connectivity index (χ4n) is 2.04. The summed E-state index contributed by atoms with van der Waals surface area (Å²) in [5.74, 6) is -1.80. The Balaban J connectivity index is 1.57. The SMILES string of the molecule is Cc1csc(NN=Cc2ccc(COc3c(F)cccc3F)cc2)n1. The van der Waals surface area contributed by atoms with Gasteiger partial charge in [-0.05, 0) is 30.2 Å². The molecule has 0 radical (unpaired) electrons. The molecule has 1 aromatic heterocycles. The van der Waals surface area contributed by atoms with Crippen LogP contribution >= 0.6 is 11.3 Å². The third-order valence-corrected chi connectivity index (χ3v) is 4.14. The van der Waals surface area contributed by atoms with Crippen LogP contribution in [0.25, 0.3) is 0 Å². The summed E-state index contributed by atoms with van der Waals surface area (Å²) in [6, 6.07) is 10.9. The molecule has 2 aromatic carbocycles. The number of ether oxygens (including phenoxy) is 1. The van der Waals surface area contributed by atoms with E-state index in [1.807, 2.05) is 36.6 Å². The first kappa shape index (κ1) is 17.0. The van der Waals surface area contributed by atoms with Gasteiger partial charge in [-0.2, -0.15) is 5.10 Å². The van der Waals surface area contributed by atoms with Crippen LogP contribution in [0.2, 0.25) is 0 Å². The van der Waals surface area contributed by atoms with Crippen LogP contribution in [-0.4, -0.2) is 11.2 Å². The molecule has 0 unspecified atom stereocenters. The number of hydrazone groups is 1. The summed E-state index contributed by atoms with van der Waals surface area (Å²) >= 11 is 1.48. The maximum Gasteiger partial charge on any atom is 0.203 e. The van der Waals surface area contributed by atoms with E-state index in [0.29, 0.717) is 0 Å². The van der Waals surface area contributed by atoms with Gasteiger partial charge in [0.15, 0.2) is 17.4 Å². The second kappa shape index (κ2) is 7.85. The smallest absolute Gasteiger partial charge is 0.203 e. The van der Waals surface area contributed by atoms with Crippen molar-refractivity contribution in [3.05, 3.63) is 76.3 Å². The third-order valence-electron chi connectivity index (χ3n) is 3.27. The molecular weight excluding hydrogens is 344 g/mol. The van der Waals surface area contributed by atoms with E-state index in [9.17, 15) is 8.78 Å². The fourth-order valence-corrected chi connectivity index (χ4v) is 2.68. The van der Waals surface area contributed by atoms with Gasteiger partial charge in [-0.3, -0.25) is 5.43 Å². The second-order valence-electron chi connectivity index (χ2n) is 5.25. The van der Waals surface area contributed by atoms with Crippen molar-refractivity contribution >= 4 is 22.7 Å². The number of nitrogens with zero attached hydrogens (tertiary/aromatic N) is 2. The van der Waals surface area contributed by atoms with E-state index in [-0.39, 0.29) is 12.4 Å². The van der Waals surface area contributed by atoms with Gasteiger partial charge in [-0.1, -0.05) is 30.3 Å². The molecule has 0 amide bonds. The van der Waals surface area contributed by atoms with Gasteiger partial charge in [0, 0.05) is 5.38 Å². The third kappa shape index (κ3) is 4.60. The molecule has 4 nitrogen and oxygen atoms in total. The first-order valence-corrected chi connectivity index (χ1v) is 8.37. The molecule has 0 bridgehead atoms. The zero-order valence-corrected chi connectivity index (χ0v) is 14.2. The van der Waals surface area contributed by atoms with Crippen LogP contribution in [0, 0.1) is 18.6 Å². The minimum Gasteiger partial charge on any atom is -0.483 e. The Bertz CT molecular complexity index is 858. The molecule has 3 rings (SSSR count). The summed E-state index contributed by atoms with van der Waals surface area (Å²) < 4.78 is 32.2. The van der Waals surface area contributed by atoms with Gasteiger partial charge in [0.2, 0.25) is 5.13 Å². The van der Waals surface area contributed by atoms with Crippen molar-refractivity contribution in [2.45, 2.75) is 13.5 Å². The highest BCUT2D eigenvalue weighted by atomic mass is 32.1. The second-order valence-corrected chi connectivity index (χ2v) is 6.10. The topological polar surface area (TPSA) is 46.5 Å². The van der Waals surface area contributed by atoms with Gasteiger partial charge in [0.25, 0.3) is 0 Å². The molecule has 25 heavy (non-hydrogen) atoms. The van der Waals surface area contributed by atoms with E-state index in [0.717, 1.165) is 34.1 Å². The lowest BCUT2D eigenvalue weighted by Crippen LogP contribution is -2.00.